The number of hydrogen-bond donors (Lipinski definition) is 2. The second kappa shape index (κ2) is 4.07. The van der Waals surface area contributed by atoms with Crippen molar-refractivity contribution in [1.82, 2.24) is 0 Å². The average molecular weight is 158 g/mol. The Kier molecular flexibility index (Phi) is 3.34. The van der Waals surface area contributed by atoms with E-state index in [-0.39, 0.29) is 12.7 Å². The van der Waals surface area contributed by atoms with E-state index in [1.165, 1.54) is 0 Å². The maximum Gasteiger partial charge on any atom is 0.0543 e. The van der Waals surface area contributed by atoms with Crippen LogP contribution in [0.4, 0.5) is 0 Å². The summed E-state index contributed by atoms with van der Waals surface area (Å²) < 4.78 is 0. The van der Waals surface area contributed by atoms with Gasteiger partial charge < -0.3 is 10.2 Å². The molecule has 11 heavy (non-hydrogen) atoms. The van der Waals surface area contributed by atoms with E-state index in [0.717, 1.165) is 25.7 Å². The first-order valence-corrected chi connectivity index (χ1v) is 4.53. The molecule has 0 bridgehead atoms. The highest BCUT2D eigenvalue weighted by molar-refractivity contribution is 4.76. The van der Waals surface area contributed by atoms with Gasteiger partial charge in [0.05, 0.1) is 6.10 Å². The van der Waals surface area contributed by atoms with Gasteiger partial charge in [0.1, 0.15) is 0 Å². The molecule has 1 saturated carbocycles. The topological polar surface area (TPSA) is 40.5 Å². The van der Waals surface area contributed by atoms with Crippen LogP contribution in [0.3, 0.4) is 0 Å². The predicted octanol–water partition coefficient (Wildman–Crippen LogP) is 1.17. The van der Waals surface area contributed by atoms with Crippen molar-refractivity contribution in [3.8, 4) is 0 Å². The molecule has 1 aliphatic carbocycles. The Balaban J connectivity index is 2.34. The van der Waals surface area contributed by atoms with Crippen molar-refractivity contribution in [3.05, 3.63) is 0 Å². The third-order valence-electron chi connectivity index (χ3n) is 2.83. The van der Waals surface area contributed by atoms with Gasteiger partial charge in [-0.25, -0.2) is 0 Å². The van der Waals surface area contributed by atoms with Gasteiger partial charge in [-0.3, -0.25) is 0 Å². The Bertz CT molecular complexity index is 114. The first kappa shape index (κ1) is 9.01. The van der Waals surface area contributed by atoms with Crippen LogP contribution in [-0.4, -0.2) is 22.9 Å². The van der Waals surface area contributed by atoms with Crippen LogP contribution in [-0.2, 0) is 0 Å². The fraction of sp³-hybridized carbons (Fsp3) is 1.00. The van der Waals surface area contributed by atoms with Crippen LogP contribution in [0.2, 0.25) is 0 Å². The Hall–Kier alpha value is -0.0800. The molecule has 0 heterocycles. The van der Waals surface area contributed by atoms with Crippen molar-refractivity contribution in [2.45, 2.75) is 38.7 Å². The van der Waals surface area contributed by atoms with Gasteiger partial charge in [-0.15, -0.1) is 0 Å². The molecule has 0 aliphatic heterocycles. The molecule has 0 saturated heterocycles. The molecule has 1 rings (SSSR count). The van der Waals surface area contributed by atoms with Crippen LogP contribution in [0.5, 0.6) is 0 Å². The average Bonchev–Trinajstić information content (AvgIpc) is 1.98. The zero-order chi connectivity index (χ0) is 8.27. The van der Waals surface area contributed by atoms with Gasteiger partial charge in [0.25, 0.3) is 0 Å². The molecule has 3 atom stereocenters. The zero-order valence-corrected chi connectivity index (χ0v) is 7.16. The van der Waals surface area contributed by atoms with E-state index in [0.29, 0.717) is 11.8 Å². The monoisotopic (exact) mass is 158 g/mol. The van der Waals surface area contributed by atoms with Gasteiger partial charge in [0.15, 0.2) is 0 Å². The summed E-state index contributed by atoms with van der Waals surface area (Å²) >= 11 is 0. The predicted molar refractivity (Wildman–Crippen MR) is 44.2 cm³/mol. The first-order chi connectivity index (χ1) is 5.24. The number of hydrogen-bond acceptors (Lipinski definition) is 2. The smallest absolute Gasteiger partial charge is 0.0543 e. The van der Waals surface area contributed by atoms with Crippen molar-refractivity contribution >= 4 is 0 Å². The second-order valence-electron chi connectivity index (χ2n) is 3.72. The largest absolute Gasteiger partial charge is 0.396 e. The molecule has 0 aromatic rings. The van der Waals surface area contributed by atoms with Gasteiger partial charge in [-0.1, -0.05) is 6.92 Å². The third-order valence-corrected chi connectivity index (χ3v) is 2.83. The lowest BCUT2D eigenvalue weighted by Gasteiger charge is -2.31. The van der Waals surface area contributed by atoms with Crippen LogP contribution in [0.15, 0.2) is 0 Å². The molecule has 0 radical (unpaired) electrons. The first-order valence-electron chi connectivity index (χ1n) is 4.53. The minimum atomic E-state index is -0.109. The molecule has 0 amide bonds. The normalized spacial score (nSPS) is 39.0. The van der Waals surface area contributed by atoms with Crippen molar-refractivity contribution in [2.75, 3.05) is 6.61 Å². The van der Waals surface area contributed by atoms with E-state index in [1.54, 1.807) is 0 Å². The Labute approximate surface area is 68.2 Å². The maximum atomic E-state index is 9.34. The lowest BCUT2D eigenvalue weighted by Crippen LogP contribution is -2.26. The SMILES string of the molecule is CC1CC[C@@H](O)C[C@H]1CCO. The maximum absolute atomic E-state index is 9.34. The number of aliphatic hydroxyl groups is 2. The van der Waals surface area contributed by atoms with Crippen LogP contribution in [0.1, 0.15) is 32.6 Å². The Morgan fingerprint density at radius 1 is 1.36 bits per heavy atom. The summed E-state index contributed by atoms with van der Waals surface area (Å²) in [5, 5.41) is 18.1. The summed E-state index contributed by atoms with van der Waals surface area (Å²) in [5.41, 5.74) is 0. The molecular weight excluding hydrogens is 140 g/mol. The minimum absolute atomic E-state index is 0.109. The fourth-order valence-corrected chi connectivity index (χ4v) is 1.96. The summed E-state index contributed by atoms with van der Waals surface area (Å²) in [6.45, 7) is 2.48. The molecule has 0 spiro atoms. The van der Waals surface area contributed by atoms with Crippen LogP contribution < -0.4 is 0 Å². The molecular formula is C9H18O2. The quantitative estimate of drug-likeness (QED) is 0.633. The van der Waals surface area contributed by atoms with E-state index < -0.39 is 0 Å². The van der Waals surface area contributed by atoms with Gasteiger partial charge in [0, 0.05) is 6.61 Å². The lowest BCUT2D eigenvalue weighted by atomic mass is 9.77. The highest BCUT2D eigenvalue weighted by Crippen LogP contribution is 2.31. The van der Waals surface area contributed by atoms with E-state index >= 15 is 0 Å². The van der Waals surface area contributed by atoms with E-state index in [2.05, 4.69) is 6.92 Å². The molecule has 2 N–H and O–H groups in total. The van der Waals surface area contributed by atoms with Crippen LogP contribution in [0.25, 0.3) is 0 Å². The molecule has 1 fully saturated rings. The van der Waals surface area contributed by atoms with Crippen LogP contribution in [0, 0.1) is 11.8 Å². The van der Waals surface area contributed by atoms with Crippen molar-refractivity contribution in [1.29, 1.82) is 0 Å². The van der Waals surface area contributed by atoms with Crippen molar-refractivity contribution < 1.29 is 10.2 Å². The fourth-order valence-electron chi connectivity index (χ4n) is 1.96. The van der Waals surface area contributed by atoms with Crippen LogP contribution >= 0.6 is 0 Å². The third kappa shape index (κ3) is 2.46. The highest BCUT2D eigenvalue weighted by Gasteiger charge is 2.25. The molecule has 1 aliphatic rings. The lowest BCUT2D eigenvalue weighted by molar-refractivity contribution is 0.0628. The molecule has 1 unspecified atom stereocenters. The van der Waals surface area contributed by atoms with Gasteiger partial charge >= 0.3 is 0 Å². The number of aliphatic hydroxyl groups excluding tert-OH is 2. The molecule has 66 valence electrons. The summed E-state index contributed by atoms with van der Waals surface area (Å²) in [6, 6.07) is 0. The van der Waals surface area contributed by atoms with Gasteiger partial charge in [-0.05, 0) is 37.5 Å². The Morgan fingerprint density at radius 3 is 2.73 bits per heavy atom. The van der Waals surface area contributed by atoms with Gasteiger partial charge in [0.2, 0.25) is 0 Å². The van der Waals surface area contributed by atoms with Gasteiger partial charge in [-0.2, -0.15) is 0 Å². The van der Waals surface area contributed by atoms with E-state index in [1.807, 2.05) is 0 Å². The molecule has 2 nitrogen and oxygen atoms in total. The summed E-state index contributed by atoms with van der Waals surface area (Å²) in [5.74, 6) is 1.23. The zero-order valence-electron chi connectivity index (χ0n) is 7.16. The minimum Gasteiger partial charge on any atom is -0.396 e. The Morgan fingerprint density at radius 2 is 2.09 bits per heavy atom. The molecule has 0 aromatic heterocycles. The van der Waals surface area contributed by atoms with Crippen molar-refractivity contribution in [3.63, 3.8) is 0 Å². The molecule has 2 heteroatoms. The van der Waals surface area contributed by atoms with E-state index in [4.69, 9.17) is 5.11 Å². The second-order valence-corrected chi connectivity index (χ2v) is 3.72. The highest BCUT2D eigenvalue weighted by atomic mass is 16.3. The summed E-state index contributed by atoms with van der Waals surface area (Å²) in [6.07, 6.45) is 3.71. The van der Waals surface area contributed by atoms with Crippen molar-refractivity contribution in [2.24, 2.45) is 11.8 Å². The standard InChI is InChI=1S/C9H18O2/c1-7-2-3-9(11)6-8(7)4-5-10/h7-11H,2-6H2,1H3/t7?,8-,9-/m1/s1. The molecule has 0 aromatic carbocycles. The number of rotatable bonds is 2. The summed E-state index contributed by atoms with van der Waals surface area (Å²) in [4.78, 5) is 0. The summed E-state index contributed by atoms with van der Waals surface area (Å²) in [7, 11) is 0. The van der Waals surface area contributed by atoms with E-state index in [9.17, 15) is 5.11 Å².